The van der Waals surface area contributed by atoms with E-state index in [1.807, 2.05) is 24.3 Å². The van der Waals surface area contributed by atoms with Gasteiger partial charge in [0, 0.05) is 29.4 Å². The topological polar surface area (TPSA) is 48.4 Å². The first kappa shape index (κ1) is 11.9. The number of ketones is 1. The fourth-order valence-corrected chi connectivity index (χ4v) is 2.06. The molecule has 0 spiro atoms. The van der Waals surface area contributed by atoms with E-state index in [0.717, 1.165) is 17.7 Å². The second-order valence-electron chi connectivity index (χ2n) is 4.40. The van der Waals surface area contributed by atoms with Crippen molar-refractivity contribution in [3.63, 3.8) is 0 Å². The van der Waals surface area contributed by atoms with Crippen LogP contribution in [0.15, 0.2) is 42.6 Å². The summed E-state index contributed by atoms with van der Waals surface area (Å²) in [5.41, 5.74) is 2.48. The number of pyridine rings is 1. The van der Waals surface area contributed by atoms with Crippen LogP contribution in [0.5, 0.6) is 5.75 Å². The van der Waals surface area contributed by atoms with Crippen molar-refractivity contribution in [1.82, 2.24) is 4.98 Å². The number of Topliss-reactive ketones (excluding diaryl/α,β-unsaturated/α-hetero) is 1. The van der Waals surface area contributed by atoms with E-state index in [4.69, 9.17) is 9.78 Å². The molecule has 96 valence electrons. The molecule has 0 N–H and O–H groups in total. The maximum atomic E-state index is 12.2. The third kappa shape index (κ3) is 2.63. The number of nitrogens with zero attached hydrogens (tertiary/aromatic N) is 1. The molecule has 0 saturated carbocycles. The molecule has 1 aromatic carbocycles. The van der Waals surface area contributed by atoms with Gasteiger partial charge in [-0.2, -0.15) is 4.89 Å². The fourth-order valence-electron chi connectivity index (χ4n) is 2.06. The smallest absolute Gasteiger partial charge is 0.168 e. The third-order valence-corrected chi connectivity index (χ3v) is 3.05. The monoisotopic (exact) mass is 255 g/mol. The van der Waals surface area contributed by atoms with Crippen LogP contribution in [0, 0.1) is 0 Å². The molecule has 0 amide bonds. The summed E-state index contributed by atoms with van der Waals surface area (Å²) in [6, 6.07) is 11.0. The predicted molar refractivity (Wildman–Crippen MR) is 69.0 cm³/mol. The second kappa shape index (κ2) is 5.20. The summed E-state index contributed by atoms with van der Waals surface area (Å²) in [7, 11) is 0. The second-order valence-corrected chi connectivity index (χ2v) is 4.40. The molecule has 1 aliphatic heterocycles. The van der Waals surface area contributed by atoms with E-state index < -0.39 is 0 Å². The van der Waals surface area contributed by atoms with Crippen molar-refractivity contribution in [3.8, 4) is 5.75 Å². The number of rotatable bonds is 3. The summed E-state index contributed by atoms with van der Waals surface area (Å²) in [6.45, 7) is 0.519. The molecular weight excluding hydrogens is 242 g/mol. The molecule has 2 heterocycles. The van der Waals surface area contributed by atoms with Crippen LogP contribution >= 0.6 is 0 Å². The first-order valence-corrected chi connectivity index (χ1v) is 6.18. The zero-order chi connectivity index (χ0) is 13.1. The summed E-state index contributed by atoms with van der Waals surface area (Å²) in [4.78, 5) is 26.3. The lowest BCUT2D eigenvalue weighted by molar-refractivity contribution is -0.215. The minimum Gasteiger partial charge on any atom is -0.337 e. The quantitative estimate of drug-likeness (QED) is 0.624. The van der Waals surface area contributed by atoms with Gasteiger partial charge < -0.3 is 4.89 Å². The molecule has 1 aliphatic rings. The van der Waals surface area contributed by atoms with E-state index >= 15 is 0 Å². The average Bonchev–Trinajstić information content (AvgIpc) is 2.48. The molecule has 0 fully saturated rings. The van der Waals surface area contributed by atoms with Gasteiger partial charge >= 0.3 is 0 Å². The van der Waals surface area contributed by atoms with E-state index in [9.17, 15) is 4.79 Å². The van der Waals surface area contributed by atoms with Gasteiger partial charge in [-0.05, 0) is 30.3 Å². The molecular formula is C15H13NO3. The van der Waals surface area contributed by atoms with Gasteiger partial charge in [0.1, 0.15) is 0 Å². The normalized spacial score (nSPS) is 13.5. The first-order chi connectivity index (χ1) is 9.33. The van der Waals surface area contributed by atoms with Gasteiger partial charge in [0.2, 0.25) is 0 Å². The molecule has 0 atom stereocenters. The van der Waals surface area contributed by atoms with Gasteiger partial charge in [-0.25, -0.2) is 0 Å². The number of carbonyl (C=O) groups is 1. The van der Waals surface area contributed by atoms with Gasteiger partial charge in [0.05, 0.1) is 13.0 Å². The number of carbonyl (C=O) groups excluding carboxylic acids is 1. The minimum atomic E-state index is 0.0630. The molecule has 19 heavy (non-hydrogen) atoms. The Morgan fingerprint density at radius 2 is 2.21 bits per heavy atom. The Morgan fingerprint density at radius 1 is 1.26 bits per heavy atom. The lowest BCUT2D eigenvalue weighted by Crippen LogP contribution is -2.12. The van der Waals surface area contributed by atoms with Crippen molar-refractivity contribution < 1.29 is 14.6 Å². The van der Waals surface area contributed by atoms with Crippen molar-refractivity contribution >= 4 is 5.78 Å². The summed E-state index contributed by atoms with van der Waals surface area (Å²) in [6.07, 6.45) is 2.78. The highest BCUT2D eigenvalue weighted by Crippen LogP contribution is 2.24. The van der Waals surface area contributed by atoms with Gasteiger partial charge in [-0.15, -0.1) is 0 Å². The lowest BCUT2D eigenvalue weighted by atomic mass is 10.0. The number of hydrogen-bond donors (Lipinski definition) is 0. The highest BCUT2D eigenvalue weighted by Gasteiger charge is 2.15. The van der Waals surface area contributed by atoms with Crippen LogP contribution in [0.1, 0.15) is 21.6 Å². The molecule has 0 bridgehead atoms. The van der Waals surface area contributed by atoms with E-state index in [2.05, 4.69) is 4.98 Å². The van der Waals surface area contributed by atoms with Gasteiger partial charge in [-0.3, -0.25) is 9.78 Å². The molecule has 2 aromatic rings. The Labute approximate surface area is 110 Å². The molecule has 3 rings (SSSR count). The summed E-state index contributed by atoms with van der Waals surface area (Å²) in [5, 5.41) is 0. The first-order valence-electron chi connectivity index (χ1n) is 6.18. The number of hydrogen-bond acceptors (Lipinski definition) is 4. The lowest BCUT2D eigenvalue weighted by Gasteiger charge is -2.15. The zero-order valence-corrected chi connectivity index (χ0v) is 10.3. The molecule has 1 aromatic heterocycles. The highest BCUT2D eigenvalue weighted by atomic mass is 17.2. The predicted octanol–water partition coefficient (Wildman–Crippen LogP) is 2.37. The van der Waals surface area contributed by atoms with Crippen LogP contribution in [0.25, 0.3) is 0 Å². The molecule has 4 heteroatoms. The standard InChI is InChI=1S/C15H13NO3/c17-14(10-13-3-1-2-7-16-13)11-4-5-15-12(9-11)6-8-18-19-15/h1-5,7,9H,6,8,10H2. The summed E-state index contributed by atoms with van der Waals surface area (Å²) >= 11 is 0. The fraction of sp³-hybridized carbons (Fsp3) is 0.200. The van der Waals surface area contributed by atoms with Crippen molar-refractivity contribution in [3.05, 3.63) is 59.4 Å². The Bertz CT molecular complexity index is 596. The average molecular weight is 255 g/mol. The largest absolute Gasteiger partial charge is 0.337 e. The van der Waals surface area contributed by atoms with E-state index in [1.165, 1.54) is 0 Å². The van der Waals surface area contributed by atoms with Crippen LogP contribution in [0.3, 0.4) is 0 Å². The molecule has 4 nitrogen and oxygen atoms in total. The summed E-state index contributed by atoms with van der Waals surface area (Å²) in [5.74, 6) is 0.758. The van der Waals surface area contributed by atoms with Crippen LogP contribution < -0.4 is 4.89 Å². The number of aromatic nitrogens is 1. The SMILES string of the molecule is O=C(Cc1ccccn1)c1ccc2c(c1)CCOO2. The van der Waals surface area contributed by atoms with E-state index in [-0.39, 0.29) is 5.78 Å². The van der Waals surface area contributed by atoms with Crippen LogP contribution in [0.2, 0.25) is 0 Å². The van der Waals surface area contributed by atoms with Gasteiger partial charge in [-0.1, -0.05) is 6.07 Å². The highest BCUT2D eigenvalue weighted by molar-refractivity contribution is 5.97. The van der Waals surface area contributed by atoms with Gasteiger partial charge in [0.15, 0.2) is 11.5 Å². The molecule has 0 unspecified atom stereocenters. The van der Waals surface area contributed by atoms with Crippen molar-refractivity contribution in [1.29, 1.82) is 0 Å². The third-order valence-electron chi connectivity index (χ3n) is 3.05. The molecule has 0 saturated heterocycles. The van der Waals surface area contributed by atoms with E-state index in [1.54, 1.807) is 18.3 Å². The summed E-state index contributed by atoms with van der Waals surface area (Å²) < 4.78 is 0. The molecule has 0 aliphatic carbocycles. The maximum Gasteiger partial charge on any atom is 0.168 e. The maximum absolute atomic E-state index is 12.2. The Kier molecular flexibility index (Phi) is 3.25. The van der Waals surface area contributed by atoms with E-state index in [0.29, 0.717) is 24.3 Å². The van der Waals surface area contributed by atoms with Gasteiger partial charge in [0.25, 0.3) is 0 Å². The van der Waals surface area contributed by atoms with Crippen LogP contribution in [-0.4, -0.2) is 17.4 Å². The Balaban J connectivity index is 1.80. The number of benzene rings is 1. The minimum absolute atomic E-state index is 0.0630. The van der Waals surface area contributed by atoms with Crippen molar-refractivity contribution in [2.24, 2.45) is 0 Å². The zero-order valence-electron chi connectivity index (χ0n) is 10.3. The Hall–Kier alpha value is -2.20. The van der Waals surface area contributed by atoms with Crippen LogP contribution in [-0.2, 0) is 17.7 Å². The van der Waals surface area contributed by atoms with Crippen LogP contribution in [0.4, 0.5) is 0 Å². The van der Waals surface area contributed by atoms with Crippen molar-refractivity contribution in [2.75, 3.05) is 6.61 Å². The van der Waals surface area contributed by atoms with Crippen molar-refractivity contribution in [2.45, 2.75) is 12.8 Å². The number of fused-ring (bicyclic) bond motifs is 1. The molecule has 0 radical (unpaired) electrons. The Morgan fingerprint density at radius 3 is 3.05 bits per heavy atom.